The van der Waals surface area contributed by atoms with E-state index in [-0.39, 0.29) is 11.6 Å². The van der Waals surface area contributed by atoms with Gasteiger partial charge in [-0.05, 0) is 32.0 Å². The highest BCUT2D eigenvalue weighted by atomic mass is 35.5. The van der Waals surface area contributed by atoms with Crippen LogP contribution in [0.3, 0.4) is 0 Å². The molecule has 0 radical (unpaired) electrons. The normalized spacial score (nSPS) is 18.1. The third-order valence-corrected chi connectivity index (χ3v) is 4.68. The molecule has 1 aliphatic heterocycles. The second-order valence-electron chi connectivity index (χ2n) is 6.55. The summed E-state index contributed by atoms with van der Waals surface area (Å²) in [5.41, 5.74) is 4.07. The Labute approximate surface area is 156 Å². The standard InChI is InChI=1S/C21H18ClN3O/c1-13-10-19-23-14(2)11-20(26)25(19)18-9-8-16(22)12-17(18)21(24-13)15-6-4-3-5-7-15/h3-9,11-13H,10H2,1-2H3/b24-21-. The van der Waals surface area contributed by atoms with Gasteiger partial charge in [0.15, 0.2) is 0 Å². The maximum absolute atomic E-state index is 12.8. The molecule has 1 aliphatic rings. The molecule has 0 fully saturated rings. The minimum Gasteiger partial charge on any atom is -0.281 e. The lowest BCUT2D eigenvalue weighted by Gasteiger charge is -2.22. The minimum atomic E-state index is -0.0856. The number of aromatic nitrogens is 2. The van der Waals surface area contributed by atoms with E-state index in [4.69, 9.17) is 16.6 Å². The molecule has 5 heteroatoms. The van der Waals surface area contributed by atoms with Crippen molar-refractivity contribution in [2.24, 2.45) is 4.99 Å². The van der Waals surface area contributed by atoms with Gasteiger partial charge in [0.1, 0.15) is 5.82 Å². The Morgan fingerprint density at radius 2 is 1.88 bits per heavy atom. The molecule has 0 aliphatic carbocycles. The first-order valence-electron chi connectivity index (χ1n) is 8.56. The summed E-state index contributed by atoms with van der Waals surface area (Å²) < 4.78 is 1.69. The molecule has 130 valence electrons. The van der Waals surface area contributed by atoms with Gasteiger partial charge in [0.25, 0.3) is 5.56 Å². The van der Waals surface area contributed by atoms with Crippen LogP contribution in [-0.2, 0) is 6.42 Å². The number of rotatable bonds is 1. The number of aliphatic imine (C=N–C) groups is 1. The lowest BCUT2D eigenvalue weighted by atomic mass is 9.98. The molecule has 0 spiro atoms. The number of fused-ring (bicyclic) bond motifs is 3. The van der Waals surface area contributed by atoms with Crippen LogP contribution in [0.4, 0.5) is 0 Å². The van der Waals surface area contributed by atoms with E-state index in [0.29, 0.717) is 11.4 Å². The van der Waals surface area contributed by atoms with Crippen molar-refractivity contribution < 1.29 is 0 Å². The van der Waals surface area contributed by atoms with E-state index in [0.717, 1.165) is 34.0 Å². The molecular weight excluding hydrogens is 346 g/mol. The Hall–Kier alpha value is -2.72. The van der Waals surface area contributed by atoms with Crippen LogP contribution in [0.25, 0.3) is 5.69 Å². The van der Waals surface area contributed by atoms with Crippen molar-refractivity contribution in [2.45, 2.75) is 26.3 Å². The van der Waals surface area contributed by atoms with Crippen LogP contribution in [0.5, 0.6) is 0 Å². The summed E-state index contributed by atoms with van der Waals surface area (Å²) in [6, 6.07) is 17.1. The van der Waals surface area contributed by atoms with E-state index in [1.54, 1.807) is 16.7 Å². The van der Waals surface area contributed by atoms with Crippen molar-refractivity contribution in [3.05, 3.63) is 92.6 Å². The van der Waals surface area contributed by atoms with Crippen LogP contribution in [0.2, 0.25) is 5.02 Å². The zero-order valence-corrected chi connectivity index (χ0v) is 15.4. The molecule has 0 saturated carbocycles. The Kier molecular flexibility index (Phi) is 4.21. The molecule has 26 heavy (non-hydrogen) atoms. The number of halogens is 1. The Bertz CT molecular complexity index is 1070. The van der Waals surface area contributed by atoms with Gasteiger partial charge in [-0.15, -0.1) is 0 Å². The summed E-state index contributed by atoms with van der Waals surface area (Å²) in [7, 11) is 0. The van der Waals surface area contributed by atoms with Crippen LogP contribution in [0.15, 0.2) is 64.4 Å². The summed E-state index contributed by atoms with van der Waals surface area (Å²) in [6.45, 7) is 3.88. The highest BCUT2D eigenvalue weighted by Crippen LogP contribution is 2.26. The highest BCUT2D eigenvalue weighted by Gasteiger charge is 2.22. The van der Waals surface area contributed by atoms with E-state index < -0.39 is 0 Å². The van der Waals surface area contributed by atoms with E-state index >= 15 is 0 Å². The van der Waals surface area contributed by atoms with E-state index in [1.807, 2.05) is 56.3 Å². The van der Waals surface area contributed by atoms with Gasteiger partial charge in [0, 0.05) is 34.3 Å². The van der Waals surface area contributed by atoms with Crippen LogP contribution in [0, 0.1) is 6.92 Å². The number of aryl methyl sites for hydroxylation is 1. The fourth-order valence-electron chi connectivity index (χ4n) is 3.37. The van der Waals surface area contributed by atoms with Crippen LogP contribution >= 0.6 is 11.6 Å². The number of nitrogens with zero attached hydrogens (tertiary/aromatic N) is 3. The van der Waals surface area contributed by atoms with Crippen molar-refractivity contribution in [3.8, 4) is 5.69 Å². The van der Waals surface area contributed by atoms with Crippen molar-refractivity contribution in [3.63, 3.8) is 0 Å². The predicted octanol–water partition coefficient (Wildman–Crippen LogP) is 3.98. The summed E-state index contributed by atoms with van der Waals surface area (Å²) in [6.07, 6.45) is 0.593. The monoisotopic (exact) mass is 363 g/mol. The highest BCUT2D eigenvalue weighted by molar-refractivity contribution is 6.31. The van der Waals surface area contributed by atoms with Crippen molar-refractivity contribution in [1.82, 2.24) is 9.55 Å². The molecule has 4 rings (SSSR count). The molecule has 1 unspecified atom stereocenters. The maximum Gasteiger partial charge on any atom is 0.258 e. The first kappa shape index (κ1) is 16.7. The first-order chi connectivity index (χ1) is 12.5. The molecule has 0 bridgehead atoms. The second kappa shape index (κ2) is 6.54. The average Bonchev–Trinajstić information content (AvgIpc) is 2.60. The van der Waals surface area contributed by atoms with Crippen molar-refractivity contribution in [1.29, 1.82) is 0 Å². The molecular formula is C21H18ClN3O. The lowest BCUT2D eigenvalue weighted by Crippen LogP contribution is -2.29. The van der Waals surface area contributed by atoms with E-state index in [9.17, 15) is 4.79 Å². The van der Waals surface area contributed by atoms with Crippen LogP contribution in [-0.4, -0.2) is 21.3 Å². The quantitative estimate of drug-likeness (QED) is 0.656. The maximum atomic E-state index is 12.8. The lowest BCUT2D eigenvalue weighted by molar-refractivity contribution is 0.665. The fourth-order valence-corrected chi connectivity index (χ4v) is 3.54. The van der Waals surface area contributed by atoms with Gasteiger partial charge in [-0.3, -0.25) is 14.4 Å². The van der Waals surface area contributed by atoms with E-state index in [1.165, 1.54) is 0 Å². The third-order valence-electron chi connectivity index (χ3n) is 4.45. The summed E-state index contributed by atoms with van der Waals surface area (Å²) in [5.74, 6) is 0.724. The Morgan fingerprint density at radius 3 is 2.65 bits per heavy atom. The van der Waals surface area contributed by atoms with Gasteiger partial charge in [0.05, 0.1) is 17.4 Å². The predicted molar refractivity (Wildman–Crippen MR) is 105 cm³/mol. The molecule has 1 aromatic heterocycles. The summed E-state index contributed by atoms with van der Waals surface area (Å²) in [4.78, 5) is 22.4. The molecule has 0 N–H and O–H groups in total. The minimum absolute atomic E-state index is 0.0164. The van der Waals surface area contributed by atoms with Gasteiger partial charge in [0.2, 0.25) is 0 Å². The number of hydrogen-bond donors (Lipinski definition) is 0. The van der Waals surface area contributed by atoms with Crippen molar-refractivity contribution >= 4 is 17.3 Å². The molecule has 2 heterocycles. The Morgan fingerprint density at radius 1 is 1.12 bits per heavy atom. The van der Waals surface area contributed by atoms with Crippen molar-refractivity contribution in [2.75, 3.05) is 0 Å². The molecule has 4 nitrogen and oxygen atoms in total. The topological polar surface area (TPSA) is 47.2 Å². The first-order valence-corrected chi connectivity index (χ1v) is 8.94. The van der Waals surface area contributed by atoms with Gasteiger partial charge in [-0.1, -0.05) is 41.9 Å². The summed E-state index contributed by atoms with van der Waals surface area (Å²) >= 11 is 6.29. The van der Waals surface area contributed by atoms with Gasteiger partial charge in [-0.25, -0.2) is 4.98 Å². The molecule has 0 saturated heterocycles. The number of hydrogen-bond acceptors (Lipinski definition) is 3. The molecule has 0 amide bonds. The van der Waals surface area contributed by atoms with Crippen LogP contribution < -0.4 is 5.56 Å². The number of benzene rings is 2. The van der Waals surface area contributed by atoms with E-state index in [2.05, 4.69) is 4.98 Å². The van der Waals surface area contributed by atoms with Crippen LogP contribution in [0.1, 0.15) is 29.6 Å². The smallest absolute Gasteiger partial charge is 0.258 e. The largest absolute Gasteiger partial charge is 0.281 e. The molecule has 1 atom stereocenters. The zero-order chi connectivity index (χ0) is 18.3. The fraction of sp³-hybridized carbons (Fsp3) is 0.190. The Balaban J connectivity index is 2.07. The average molecular weight is 364 g/mol. The summed E-state index contributed by atoms with van der Waals surface area (Å²) in [5, 5.41) is 0.607. The molecule has 2 aromatic carbocycles. The van der Waals surface area contributed by atoms with Gasteiger partial charge in [-0.2, -0.15) is 0 Å². The third kappa shape index (κ3) is 2.97. The van der Waals surface area contributed by atoms with Gasteiger partial charge < -0.3 is 0 Å². The molecule has 3 aromatic rings. The van der Waals surface area contributed by atoms with Gasteiger partial charge >= 0.3 is 0 Å². The zero-order valence-electron chi connectivity index (χ0n) is 14.6. The second-order valence-corrected chi connectivity index (χ2v) is 6.98. The SMILES string of the molecule is Cc1cc(=O)n2c(n1)CC(C)/N=C(/c1ccccc1)c1cc(Cl)ccc1-2.